The standard InChI is InChI=1S/C21H24N2O2/c1-22(14-16-9-5-3-6-10-16)20(24)18-13-19(18)21(25)23(2)15-17-11-7-4-8-12-17/h3-12,18-19H,13-15H2,1-2H3. The Morgan fingerprint density at radius 1 is 0.760 bits per heavy atom. The van der Waals surface area contributed by atoms with Gasteiger partial charge in [0.2, 0.25) is 11.8 Å². The summed E-state index contributed by atoms with van der Waals surface area (Å²) in [5.41, 5.74) is 2.20. The van der Waals surface area contributed by atoms with Crippen LogP contribution in [0.2, 0.25) is 0 Å². The van der Waals surface area contributed by atoms with E-state index < -0.39 is 0 Å². The molecule has 0 radical (unpaired) electrons. The molecule has 2 aromatic carbocycles. The molecular weight excluding hydrogens is 312 g/mol. The lowest BCUT2D eigenvalue weighted by molar-refractivity contribution is -0.137. The second-order valence-electron chi connectivity index (χ2n) is 6.81. The summed E-state index contributed by atoms with van der Waals surface area (Å²) in [7, 11) is 3.62. The van der Waals surface area contributed by atoms with E-state index in [1.165, 1.54) is 0 Å². The third-order valence-corrected chi connectivity index (χ3v) is 4.70. The molecule has 0 N–H and O–H groups in total. The zero-order valence-electron chi connectivity index (χ0n) is 14.8. The van der Waals surface area contributed by atoms with Gasteiger partial charge in [0.1, 0.15) is 0 Å². The lowest BCUT2D eigenvalue weighted by Gasteiger charge is -2.19. The Labute approximate surface area is 149 Å². The fourth-order valence-corrected chi connectivity index (χ4v) is 3.18. The molecule has 25 heavy (non-hydrogen) atoms. The minimum atomic E-state index is -0.167. The average molecular weight is 336 g/mol. The molecule has 1 aliphatic rings. The van der Waals surface area contributed by atoms with Crippen molar-refractivity contribution in [3.05, 3.63) is 71.8 Å². The van der Waals surface area contributed by atoms with E-state index >= 15 is 0 Å². The summed E-state index contributed by atoms with van der Waals surface area (Å²) in [5, 5.41) is 0. The Morgan fingerprint density at radius 3 is 1.48 bits per heavy atom. The summed E-state index contributed by atoms with van der Waals surface area (Å²) in [6.07, 6.45) is 0.663. The molecular formula is C21H24N2O2. The molecule has 2 aromatic rings. The van der Waals surface area contributed by atoms with Crippen molar-refractivity contribution in [1.29, 1.82) is 0 Å². The first kappa shape index (κ1) is 17.2. The van der Waals surface area contributed by atoms with Crippen molar-refractivity contribution >= 4 is 11.8 Å². The SMILES string of the molecule is CN(Cc1ccccc1)C(=O)C1CC1C(=O)N(C)Cc1ccccc1. The highest BCUT2D eigenvalue weighted by atomic mass is 16.2. The molecule has 0 heterocycles. The smallest absolute Gasteiger partial charge is 0.226 e. The lowest BCUT2D eigenvalue weighted by atomic mass is 10.2. The van der Waals surface area contributed by atoms with Crippen LogP contribution < -0.4 is 0 Å². The van der Waals surface area contributed by atoms with E-state index in [1.54, 1.807) is 9.80 Å². The maximum absolute atomic E-state index is 12.6. The van der Waals surface area contributed by atoms with Gasteiger partial charge < -0.3 is 9.80 Å². The van der Waals surface area contributed by atoms with Crippen molar-refractivity contribution < 1.29 is 9.59 Å². The van der Waals surface area contributed by atoms with Crippen molar-refractivity contribution in [3.8, 4) is 0 Å². The summed E-state index contributed by atoms with van der Waals surface area (Å²) < 4.78 is 0. The van der Waals surface area contributed by atoms with Crippen LogP contribution in [0, 0.1) is 11.8 Å². The molecule has 1 fully saturated rings. The zero-order valence-corrected chi connectivity index (χ0v) is 14.8. The summed E-state index contributed by atoms with van der Waals surface area (Å²) in [5.74, 6) is -0.204. The van der Waals surface area contributed by atoms with Crippen LogP contribution in [0.25, 0.3) is 0 Å². The van der Waals surface area contributed by atoms with Crippen molar-refractivity contribution in [2.45, 2.75) is 19.5 Å². The third kappa shape index (κ3) is 4.27. The van der Waals surface area contributed by atoms with Gasteiger partial charge in [0.25, 0.3) is 0 Å². The van der Waals surface area contributed by atoms with E-state index in [9.17, 15) is 9.59 Å². The highest BCUT2D eigenvalue weighted by Gasteiger charge is 2.49. The number of hydrogen-bond acceptors (Lipinski definition) is 2. The van der Waals surface area contributed by atoms with Gasteiger partial charge in [-0.05, 0) is 17.5 Å². The topological polar surface area (TPSA) is 40.6 Å². The van der Waals surface area contributed by atoms with Gasteiger partial charge in [-0.2, -0.15) is 0 Å². The second kappa shape index (κ2) is 7.51. The first-order chi connectivity index (χ1) is 12.1. The Bertz CT molecular complexity index is 667. The molecule has 0 saturated heterocycles. The molecule has 4 heteroatoms. The van der Waals surface area contributed by atoms with Crippen LogP contribution >= 0.6 is 0 Å². The summed E-state index contributed by atoms with van der Waals surface area (Å²) in [6.45, 7) is 1.16. The normalized spacial score (nSPS) is 18.5. The van der Waals surface area contributed by atoms with Crippen LogP contribution in [0.5, 0.6) is 0 Å². The number of rotatable bonds is 6. The van der Waals surface area contributed by atoms with Gasteiger partial charge in [-0.15, -0.1) is 0 Å². The van der Waals surface area contributed by atoms with Crippen LogP contribution in [-0.4, -0.2) is 35.7 Å². The molecule has 0 spiro atoms. The molecule has 1 saturated carbocycles. The fourth-order valence-electron chi connectivity index (χ4n) is 3.18. The first-order valence-corrected chi connectivity index (χ1v) is 8.64. The van der Waals surface area contributed by atoms with E-state index in [0.717, 1.165) is 11.1 Å². The van der Waals surface area contributed by atoms with Gasteiger partial charge in [0.15, 0.2) is 0 Å². The van der Waals surface area contributed by atoms with Crippen molar-refractivity contribution in [2.75, 3.05) is 14.1 Å². The van der Waals surface area contributed by atoms with Gasteiger partial charge in [0, 0.05) is 27.2 Å². The number of benzene rings is 2. The highest BCUT2D eigenvalue weighted by molar-refractivity contribution is 5.92. The molecule has 0 aliphatic heterocycles. The number of amides is 2. The Morgan fingerprint density at radius 2 is 1.12 bits per heavy atom. The van der Waals surface area contributed by atoms with Crippen molar-refractivity contribution in [3.63, 3.8) is 0 Å². The summed E-state index contributed by atoms with van der Waals surface area (Å²) in [4.78, 5) is 28.6. The molecule has 1 aliphatic carbocycles. The van der Waals surface area contributed by atoms with E-state index in [-0.39, 0.29) is 23.7 Å². The van der Waals surface area contributed by atoms with Crippen LogP contribution in [0.4, 0.5) is 0 Å². The minimum Gasteiger partial charge on any atom is -0.341 e. The second-order valence-corrected chi connectivity index (χ2v) is 6.81. The molecule has 0 aromatic heterocycles. The van der Waals surface area contributed by atoms with Crippen molar-refractivity contribution in [2.24, 2.45) is 11.8 Å². The van der Waals surface area contributed by atoms with Crippen LogP contribution in [0.1, 0.15) is 17.5 Å². The van der Waals surface area contributed by atoms with Crippen LogP contribution in [0.3, 0.4) is 0 Å². The predicted octanol–water partition coefficient (Wildman–Crippen LogP) is 2.94. The molecule has 2 unspecified atom stereocenters. The quantitative estimate of drug-likeness (QED) is 0.814. The van der Waals surface area contributed by atoms with Gasteiger partial charge in [-0.3, -0.25) is 9.59 Å². The zero-order chi connectivity index (χ0) is 17.8. The maximum Gasteiger partial charge on any atom is 0.226 e. The Hall–Kier alpha value is -2.62. The Kier molecular flexibility index (Phi) is 5.17. The van der Waals surface area contributed by atoms with Gasteiger partial charge in [0.05, 0.1) is 11.8 Å². The molecule has 0 bridgehead atoms. The van der Waals surface area contributed by atoms with Gasteiger partial charge in [-0.25, -0.2) is 0 Å². The number of hydrogen-bond donors (Lipinski definition) is 0. The van der Waals surface area contributed by atoms with Gasteiger partial charge >= 0.3 is 0 Å². The molecule has 4 nitrogen and oxygen atoms in total. The van der Waals surface area contributed by atoms with E-state index in [1.807, 2.05) is 74.8 Å². The predicted molar refractivity (Wildman–Crippen MR) is 97.4 cm³/mol. The molecule has 2 amide bonds. The summed E-state index contributed by atoms with van der Waals surface area (Å²) >= 11 is 0. The highest BCUT2D eigenvalue weighted by Crippen LogP contribution is 2.41. The van der Waals surface area contributed by atoms with Crippen LogP contribution in [-0.2, 0) is 22.7 Å². The van der Waals surface area contributed by atoms with Crippen LogP contribution in [0.15, 0.2) is 60.7 Å². The van der Waals surface area contributed by atoms with E-state index in [4.69, 9.17) is 0 Å². The monoisotopic (exact) mass is 336 g/mol. The number of carbonyl (C=O) groups is 2. The van der Waals surface area contributed by atoms with Crippen molar-refractivity contribution in [1.82, 2.24) is 9.80 Å². The largest absolute Gasteiger partial charge is 0.341 e. The van der Waals surface area contributed by atoms with E-state index in [2.05, 4.69) is 0 Å². The average Bonchev–Trinajstić information content (AvgIpc) is 3.42. The molecule has 130 valence electrons. The molecule has 3 rings (SSSR count). The number of nitrogens with zero attached hydrogens (tertiary/aromatic N) is 2. The maximum atomic E-state index is 12.6. The fraction of sp³-hybridized carbons (Fsp3) is 0.333. The summed E-state index contributed by atoms with van der Waals surface area (Å²) in [6, 6.07) is 19.8. The first-order valence-electron chi connectivity index (χ1n) is 8.64. The third-order valence-electron chi connectivity index (χ3n) is 4.70. The number of carbonyl (C=O) groups excluding carboxylic acids is 2. The minimum absolute atomic E-state index is 0.0651. The lowest BCUT2D eigenvalue weighted by Crippen LogP contribution is -2.32. The van der Waals surface area contributed by atoms with Gasteiger partial charge in [-0.1, -0.05) is 60.7 Å². The van der Waals surface area contributed by atoms with E-state index in [0.29, 0.717) is 19.5 Å². The Balaban J connectivity index is 1.52. The molecule has 2 atom stereocenters.